The Morgan fingerprint density at radius 2 is 1.57 bits per heavy atom. The van der Waals surface area contributed by atoms with Crippen LogP contribution >= 0.6 is 0 Å². The summed E-state index contributed by atoms with van der Waals surface area (Å²) in [5.74, 6) is 0.631. The van der Waals surface area contributed by atoms with Crippen molar-refractivity contribution in [3.05, 3.63) is 59.7 Å². The molecule has 1 N–H and O–H groups in total. The normalized spacial score (nSPS) is 15.0. The topological polar surface area (TPSA) is 58.6 Å². The molecule has 0 aliphatic carbocycles. The van der Waals surface area contributed by atoms with E-state index in [9.17, 15) is 9.59 Å². The van der Waals surface area contributed by atoms with Gasteiger partial charge in [0, 0.05) is 29.9 Å². The van der Waals surface area contributed by atoms with E-state index in [1.807, 2.05) is 24.0 Å². The van der Waals surface area contributed by atoms with Crippen LogP contribution in [-0.2, 0) is 0 Å². The quantitative estimate of drug-likeness (QED) is 0.787. The van der Waals surface area contributed by atoms with E-state index in [0.29, 0.717) is 16.8 Å². The van der Waals surface area contributed by atoms with Crippen LogP contribution in [0.25, 0.3) is 0 Å². The van der Waals surface area contributed by atoms with Crippen molar-refractivity contribution in [2.75, 3.05) is 18.4 Å². The Hall–Kier alpha value is -2.82. The molecule has 5 nitrogen and oxygen atoms in total. The maximum absolute atomic E-state index is 12.5. The summed E-state index contributed by atoms with van der Waals surface area (Å²) < 4.78 is 5.73. The van der Waals surface area contributed by atoms with Crippen molar-refractivity contribution in [1.29, 1.82) is 0 Å². The Labute approximate surface area is 166 Å². The maximum atomic E-state index is 12.5. The van der Waals surface area contributed by atoms with Crippen LogP contribution in [0.1, 0.15) is 60.2 Å². The summed E-state index contributed by atoms with van der Waals surface area (Å²) in [4.78, 5) is 26.9. The molecule has 0 aromatic heterocycles. The number of hydrogen-bond donors (Lipinski definition) is 1. The van der Waals surface area contributed by atoms with Crippen molar-refractivity contribution in [3.8, 4) is 5.75 Å². The zero-order valence-electron chi connectivity index (χ0n) is 16.6. The number of hydrogen-bond acceptors (Lipinski definition) is 3. The Kier molecular flexibility index (Phi) is 6.69. The van der Waals surface area contributed by atoms with E-state index in [-0.39, 0.29) is 17.9 Å². The molecule has 2 aromatic carbocycles. The highest BCUT2D eigenvalue weighted by Gasteiger charge is 2.18. The van der Waals surface area contributed by atoms with Crippen molar-refractivity contribution in [2.24, 2.45) is 0 Å². The third-order valence-electron chi connectivity index (χ3n) is 5.06. The van der Waals surface area contributed by atoms with Gasteiger partial charge in [0.05, 0.1) is 6.10 Å². The van der Waals surface area contributed by atoms with Crippen LogP contribution < -0.4 is 10.1 Å². The summed E-state index contributed by atoms with van der Waals surface area (Å²) in [6.45, 7) is 5.74. The first-order chi connectivity index (χ1) is 13.6. The molecule has 2 amide bonds. The molecule has 1 fully saturated rings. The summed E-state index contributed by atoms with van der Waals surface area (Å²) in [6, 6.07) is 14.2. The molecule has 0 radical (unpaired) electrons. The van der Waals surface area contributed by atoms with E-state index in [1.54, 1.807) is 36.4 Å². The van der Waals surface area contributed by atoms with E-state index in [4.69, 9.17) is 4.74 Å². The molecule has 1 heterocycles. The van der Waals surface area contributed by atoms with Crippen LogP contribution in [0, 0.1) is 0 Å². The molecule has 1 saturated heterocycles. The summed E-state index contributed by atoms with van der Waals surface area (Å²) in [5.41, 5.74) is 1.89. The van der Waals surface area contributed by atoms with Gasteiger partial charge in [-0.2, -0.15) is 0 Å². The highest BCUT2D eigenvalue weighted by atomic mass is 16.5. The lowest BCUT2D eigenvalue weighted by Gasteiger charge is -2.26. The summed E-state index contributed by atoms with van der Waals surface area (Å²) >= 11 is 0. The summed E-state index contributed by atoms with van der Waals surface area (Å²) in [7, 11) is 0. The minimum atomic E-state index is -0.190. The predicted molar refractivity (Wildman–Crippen MR) is 111 cm³/mol. The molecule has 1 atom stereocenters. The molecule has 28 heavy (non-hydrogen) atoms. The highest BCUT2D eigenvalue weighted by molar-refractivity contribution is 6.04. The Morgan fingerprint density at radius 3 is 2.18 bits per heavy atom. The van der Waals surface area contributed by atoms with Crippen LogP contribution in [0.5, 0.6) is 5.75 Å². The van der Waals surface area contributed by atoms with Crippen molar-refractivity contribution in [3.63, 3.8) is 0 Å². The molecule has 3 rings (SSSR count). The first-order valence-corrected chi connectivity index (χ1v) is 10.0. The van der Waals surface area contributed by atoms with Gasteiger partial charge in [-0.1, -0.05) is 6.92 Å². The van der Waals surface area contributed by atoms with Gasteiger partial charge < -0.3 is 15.0 Å². The number of amides is 2. The molecule has 1 aliphatic rings. The smallest absolute Gasteiger partial charge is 0.255 e. The van der Waals surface area contributed by atoms with E-state index >= 15 is 0 Å². The minimum Gasteiger partial charge on any atom is -0.491 e. The predicted octanol–water partition coefficient (Wildman–Crippen LogP) is 4.74. The van der Waals surface area contributed by atoms with Gasteiger partial charge in [-0.15, -0.1) is 0 Å². The second-order valence-corrected chi connectivity index (χ2v) is 7.25. The lowest BCUT2D eigenvalue weighted by atomic mass is 10.1. The first-order valence-electron chi connectivity index (χ1n) is 10.0. The molecule has 0 bridgehead atoms. The van der Waals surface area contributed by atoms with E-state index in [0.717, 1.165) is 38.1 Å². The first kappa shape index (κ1) is 19.9. The largest absolute Gasteiger partial charge is 0.491 e. The molecule has 148 valence electrons. The zero-order valence-corrected chi connectivity index (χ0v) is 16.6. The summed E-state index contributed by atoms with van der Waals surface area (Å²) in [5, 5.41) is 2.87. The monoisotopic (exact) mass is 380 g/mol. The molecule has 0 saturated carbocycles. The van der Waals surface area contributed by atoms with Gasteiger partial charge in [-0.05, 0) is 81.1 Å². The van der Waals surface area contributed by atoms with Crippen LogP contribution in [0.15, 0.2) is 48.5 Å². The van der Waals surface area contributed by atoms with Gasteiger partial charge in [0.15, 0.2) is 0 Å². The molecule has 1 aliphatic heterocycles. The Bertz CT molecular complexity index is 794. The van der Waals surface area contributed by atoms with Crippen molar-refractivity contribution in [1.82, 2.24) is 4.90 Å². The number of nitrogens with zero attached hydrogens (tertiary/aromatic N) is 1. The summed E-state index contributed by atoms with van der Waals surface area (Å²) in [6.07, 6.45) is 4.41. The van der Waals surface area contributed by atoms with Gasteiger partial charge in [-0.3, -0.25) is 9.59 Å². The van der Waals surface area contributed by atoms with E-state index < -0.39 is 0 Å². The third-order valence-corrected chi connectivity index (χ3v) is 5.06. The van der Waals surface area contributed by atoms with Gasteiger partial charge in [-0.25, -0.2) is 0 Å². The number of piperidine rings is 1. The van der Waals surface area contributed by atoms with Gasteiger partial charge in [0.1, 0.15) is 5.75 Å². The number of anilines is 1. The third kappa shape index (κ3) is 5.12. The van der Waals surface area contributed by atoms with Gasteiger partial charge >= 0.3 is 0 Å². The van der Waals surface area contributed by atoms with Gasteiger partial charge in [0.25, 0.3) is 11.8 Å². The number of likely N-dealkylation sites (tertiary alicyclic amines) is 1. The number of nitrogens with one attached hydrogen (secondary N) is 1. The number of rotatable bonds is 6. The fraction of sp³-hybridized carbons (Fsp3) is 0.391. The zero-order chi connectivity index (χ0) is 19.9. The SMILES string of the molecule is CCC(C)Oc1ccc(C(=O)Nc2ccc(C(=O)N3CCCCC3)cc2)cc1. The fourth-order valence-electron chi connectivity index (χ4n) is 3.18. The maximum Gasteiger partial charge on any atom is 0.255 e. The van der Waals surface area contributed by atoms with Crippen LogP contribution in [0.4, 0.5) is 5.69 Å². The van der Waals surface area contributed by atoms with Crippen LogP contribution in [-0.4, -0.2) is 35.9 Å². The van der Waals surface area contributed by atoms with Crippen molar-refractivity contribution >= 4 is 17.5 Å². The number of carbonyl (C=O) groups excluding carboxylic acids is 2. The molecule has 2 aromatic rings. The lowest BCUT2D eigenvalue weighted by molar-refractivity contribution is 0.0724. The molecular formula is C23H28N2O3. The minimum absolute atomic E-state index is 0.0643. The molecule has 5 heteroatoms. The standard InChI is InChI=1S/C23H28N2O3/c1-3-17(2)28-21-13-9-18(10-14-21)22(26)24-20-11-7-19(8-12-20)23(27)25-15-5-4-6-16-25/h7-14,17H,3-6,15-16H2,1-2H3,(H,24,26). The number of benzene rings is 2. The lowest BCUT2D eigenvalue weighted by Crippen LogP contribution is -2.35. The second-order valence-electron chi connectivity index (χ2n) is 7.25. The Balaban J connectivity index is 1.58. The highest BCUT2D eigenvalue weighted by Crippen LogP contribution is 2.18. The van der Waals surface area contributed by atoms with Crippen LogP contribution in [0.2, 0.25) is 0 Å². The molecule has 0 spiro atoms. The second kappa shape index (κ2) is 9.40. The molecule has 1 unspecified atom stereocenters. The van der Waals surface area contributed by atoms with E-state index in [1.165, 1.54) is 6.42 Å². The fourth-order valence-corrected chi connectivity index (χ4v) is 3.18. The van der Waals surface area contributed by atoms with E-state index in [2.05, 4.69) is 12.2 Å². The van der Waals surface area contributed by atoms with Crippen LogP contribution in [0.3, 0.4) is 0 Å². The number of carbonyl (C=O) groups is 2. The van der Waals surface area contributed by atoms with Crippen molar-refractivity contribution < 1.29 is 14.3 Å². The number of ether oxygens (including phenoxy) is 1. The Morgan fingerprint density at radius 1 is 0.964 bits per heavy atom. The average molecular weight is 380 g/mol. The molecular weight excluding hydrogens is 352 g/mol. The van der Waals surface area contributed by atoms with Gasteiger partial charge in [0.2, 0.25) is 0 Å². The van der Waals surface area contributed by atoms with Crippen molar-refractivity contribution in [2.45, 2.75) is 45.6 Å². The average Bonchev–Trinajstić information content (AvgIpc) is 2.74.